The van der Waals surface area contributed by atoms with Gasteiger partial charge in [0.1, 0.15) is 5.82 Å². The second kappa shape index (κ2) is 9.50. The highest BCUT2D eigenvalue weighted by Crippen LogP contribution is 2.33. The lowest BCUT2D eigenvalue weighted by Gasteiger charge is -2.29. The van der Waals surface area contributed by atoms with Crippen molar-refractivity contribution in [3.05, 3.63) is 71.4 Å². The second-order valence-electron chi connectivity index (χ2n) is 11.4. The minimum absolute atomic E-state index is 0.132. The van der Waals surface area contributed by atoms with Crippen LogP contribution in [0.3, 0.4) is 0 Å². The van der Waals surface area contributed by atoms with E-state index in [9.17, 15) is 4.79 Å². The number of aryl methyl sites for hydroxylation is 1. The molecular formula is C29H37N5O. The molecule has 3 aromatic rings. The Balaban J connectivity index is 1.25. The second-order valence-corrected chi connectivity index (χ2v) is 11.4. The molecule has 5 rings (SSSR count). The predicted molar refractivity (Wildman–Crippen MR) is 142 cm³/mol. The van der Waals surface area contributed by atoms with Crippen molar-refractivity contribution in [2.24, 2.45) is 5.92 Å². The number of rotatable bonds is 5. The van der Waals surface area contributed by atoms with Crippen molar-refractivity contribution in [1.29, 1.82) is 0 Å². The third kappa shape index (κ3) is 5.59. The van der Waals surface area contributed by atoms with Gasteiger partial charge in [0.05, 0.1) is 11.4 Å². The molecule has 0 aliphatic carbocycles. The Bertz CT molecular complexity index is 1160. The first-order valence-corrected chi connectivity index (χ1v) is 12.8. The molecule has 35 heavy (non-hydrogen) atoms. The van der Waals surface area contributed by atoms with E-state index in [1.54, 1.807) is 4.68 Å². The van der Waals surface area contributed by atoms with Crippen LogP contribution in [0.15, 0.2) is 54.6 Å². The normalized spacial score (nSPS) is 21.7. The molecule has 0 radical (unpaired) electrons. The van der Waals surface area contributed by atoms with Gasteiger partial charge in [-0.1, -0.05) is 50.6 Å². The van der Waals surface area contributed by atoms with E-state index >= 15 is 0 Å². The lowest BCUT2D eigenvalue weighted by atomic mass is 9.87. The summed E-state index contributed by atoms with van der Waals surface area (Å²) in [6.07, 6.45) is 6.35. The van der Waals surface area contributed by atoms with E-state index in [-0.39, 0.29) is 11.4 Å². The van der Waals surface area contributed by atoms with Crippen molar-refractivity contribution in [2.75, 3.05) is 10.6 Å². The molecule has 2 fully saturated rings. The number of carbonyl (C=O) groups is 1. The maximum Gasteiger partial charge on any atom is 0.324 e. The first kappa shape index (κ1) is 23.6. The van der Waals surface area contributed by atoms with Gasteiger partial charge in [0.25, 0.3) is 0 Å². The van der Waals surface area contributed by atoms with Crippen LogP contribution in [0.2, 0.25) is 0 Å². The van der Waals surface area contributed by atoms with Crippen molar-refractivity contribution in [3.8, 4) is 5.69 Å². The van der Waals surface area contributed by atoms with Crippen LogP contribution >= 0.6 is 0 Å². The molecule has 2 unspecified atom stereocenters. The molecule has 2 bridgehead atoms. The SMILES string of the molecule is Cc1ccc(-n2nc(C(C)(C)C)cc2NC(=O)Nc2ccc(CC3CC4CCC(C3)N4)cc2)cc1. The standard InChI is InChI=1S/C29H37N5O/c1-19-5-13-25(14-6-19)34-27(18-26(33-34)29(2,3)4)32-28(35)31-22-9-7-20(8-10-22)15-21-16-23-11-12-24(17-21)30-23/h5-10,13-14,18,21,23-24,30H,11-12,15-17H2,1-4H3,(H2,31,32,35). The maximum atomic E-state index is 12.9. The fraction of sp³-hybridized carbons (Fsp3) is 0.448. The molecule has 184 valence electrons. The molecular weight excluding hydrogens is 434 g/mol. The number of benzene rings is 2. The van der Waals surface area contributed by atoms with E-state index in [1.165, 1.54) is 36.8 Å². The number of urea groups is 1. The lowest BCUT2D eigenvalue weighted by molar-refractivity contribution is 0.262. The van der Waals surface area contributed by atoms with Crippen LogP contribution in [0.5, 0.6) is 0 Å². The Morgan fingerprint density at radius 1 is 1.00 bits per heavy atom. The number of piperidine rings is 1. The minimum atomic E-state index is -0.276. The van der Waals surface area contributed by atoms with E-state index < -0.39 is 0 Å². The van der Waals surface area contributed by atoms with E-state index in [0.717, 1.165) is 41.5 Å². The van der Waals surface area contributed by atoms with E-state index in [4.69, 9.17) is 5.10 Å². The Kier molecular flexibility index (Phi) is 6.41. The molecule has 2 amide bonds. The number of aromatic nitrogens is 2. The van der Waals surface area contributed by atoms with Gasteiger partial charge in [-0.05, 0) is 74.8 Å². The van der Waals surface area contributed by atoms with E-state index in [2.05, 4.69) is 55.8 Å². The number of nitrogens with zero attached hydrogens (tertiary/aromatic N) is 2. The van der Waals surface area contributed by atoms with Crippen molar-refractivity contribution in [3.63, 3.8) is 0 Å². The van der Waals surface area contributed by atoms with Crippen LogP contribution < -0.4 is 16.0 Å². The van der Waals surface area contributed by atoms with Gasteiger partial charge >= 0.3 is 6.03 Å². The predicted octanol–water partition coefficient (Wildman–Crippen LogP) is 6.20. The highest BCUT2D eigenvalue weighted by Gasteiger charge is 2.33. The lowest BCUT2D eigenvalue weighted by Crippen LogP contribution is -2.38. The Hall–Kier alpha value is -3.12. The summed E-state index contributed by atoms with van der Waals surface area (Å²) in [6.45, 7) is 8.42. The van der Waals surface area contributed by atoms with Crippen molar-refractivity contribution in [1.82, 2.24) is 15.1 Å². The smallest absolute Gasteiger partial charge is 0.311 e. The van der Waals surface area contributed by atoms with E-state index in [1.807, 2.05) is 42.5 Å². The summed E-state index contributed by atoms with van der Waals surface area (Å²) in [6, 6.07) is 19.5. The van der Waals surface area contributed by atoms with Gasteiger partial charge in [-0.15, -0.1) is 0 Å². The van der Waals surface area contributed by atoms with Gasteiger partial charge in [-0.2, -0.15) is 5.10 Å². The maximum absolute atomic E-state index is 12.9. The molecule has 0 saturated carbocycles. The number of hydrogen-bond donors (Lipinski definition) is 3. The molecule has 2 aliphatic heterocycles. The first-order valence-electron chi connectivity index (χ1n) is 12.8. The molecule has 0 spiro atoms. The van der Waals surface area contributed by atoms with Gasteiger partial charge in [-0.3, -0.25) is 5.32 Å². The van der Waals surface area contributed by atoms with Crippen LogP contribution in [0, 0.1) is 12.8 Å². The third-order valence-corrected chi connectivity index (χ3v) is 7.30. The Morgan fingerprint density at radius 2 is 1.66 bits per heavy atom. The molecule has 2 aromatic carbocycles. The molecule has 6 nitrogen and oxygen atoms in total. The third-order valence-electron chi connectivity index (χ3n) is 7.30. The zero-order valence-corrected chi connectivity index (χ0v) is 21.3. The highest BCUT2D eigenvalue weighted by atomic mass is 16.2. The van der Waals surface area contributed by atoms with Crippen LogP contribution in [0.1, 0.15) is 63.3 Å². The van der Waals surface area contributed by atoms with Crippen molar-refractivity contribution < 1.29 is 4.79 Å². The average molecular weight is 472 g/mol. The Labute approximate surface area is 208 Å². The molecule has 1 aromatic heterocycles. The summed E-state index contributed by atoms with van der Waals surface area (Å²) in [4.78, 5) is 12.9. The number of carbonyl (C=O) groups excluding carboxylic acids is 1. The summed E-state index contributed by atoms with van der Waals surface area (Å²) < 4.78 is 1.80. The largest absolute Gasteiger partial charge is 0.324 e. The van der Waals surface area contributed by atoms with Gasteiger partial charge < -0.3 is 10.6 Å². The molecule has 6 heteroatoms. The highest BCUT2D eigenvalue weighted by molar-refractivity contribution is 5.99. The summed E-state index contributed by atoms with van der Waals surface area (Å²) in [7, 11) is 0. The fourth-order valence-electron chi connectivity index (χ4n) is 5.40. The van der Waals surface area contributed by atoms with Crippen LogP contribution in [0.4, 0.5) is 16.3 Å². The van der Waals surface area contributed by atoms with Crippen LogP contribution in [-0.4, -0.2) is 27.9 Å². The summed E-state index contributed by atoms with van der Waals surface area (Å²) in [5, 5.41) is 14.5. The molecule has 3 heterocycles. The average Bonchev–Trinajstić information content (AvgIpc) is 3.38. The summed E-state index contributed by atoms with van der Waals surface area (Å²) in [5.41, 5.74) is 5.01. The molecule has 3 N–H and O–H groups in total. The topological polar surface area (TPSA) is 71.0 Å². The van der Waals surface area contributed by atoms with Gasteiger partial charge in [0.2, 0.25) is 0 Å². The number of anilines is 2. The van der Waals surface area contributed by atoms with Crippen molar-refractivity contribution >= 4 is 17.5 Å². The summed E-state index contributed by atoms with van der Waals surface area (Å²) in [5.74, 6) is 1.41. The fourth-order valence-corrected chi connectivity index (χ4v) is 5.40. The molecule has 2 aliphatic rings. The zero-order valence-electron chi connectivity index (χ0n) is 21.3. The zero-order chi connectivity index (χ0) is 24.6. The minimum Gasteiger partial charge on any atom is -0.311 e. The van der Waals surface area contributed by atoms with Gasteiger partial charge in [0.15, 0.2) is 0 Å². The van der Waals surface area contributed by atoms with Crippen LogP contribution in [0.25, 0.3) is 5.69 Å². The number of amides is 2. The quantitative estimate of drug-likeness (QED) is 0.415. The number of nitrogens with one attached hydrogen (secondary N) is 3. The summed E-state index contributed by atoms with van der Waals surface area (Å²) >= 11 is 0. The molecule has 2 atom stereocenters. The molecule has 2 saturated heterocycles. The number of fused-ring (bicyclic) bond motifs is 2. The number of hydrogen-bond acceptors (Lipinski definition) is 3. The van der Waals surface area contributed by atoms with Gasteiger partial charge in [-0.25, -0.2) is 9.48 Å². The van der Waals surface area contributed by atoms with Gasteiger partial charge in [0, 0.05) is 29.3 Å². The monoisotopic (exact) mass is 471 g/mol. The van der Waals surface area contributed by atoms with Crippen LogP contribution in [-0.2, 0) is 11.8 Å². The van der Waals surface area contributed by atoms with Crippen molar-refractivity contribution in [2.45, 2.75) is 77.3 Å². The van der Waals surface area contributed by atoms with E-state index in [0.29, 0.717) is 5.82 Å². The Morgan fingerprint density at radius 3 is 2.29 bits per heavy atom. The first-order chi connectivity index (χ1) is 16.7.